The number of aliphatic hydroxyl groups is 1. The number of nitrogens with zero attached hydrogens (tertiary/aromatic N) is 3. The topological polar surface area (TPSA) is 58.4 Å². The van der Waals surface area contributed by atoms with Crippen LogP contribution in [-0.4, -0.2) is 38.6 Å². The number of fused-ring (bicyclic) bond motifs is 1. The van der Waals surface area contributed by atoms with E-state index in [-0.39, 0.29) is 18.4 Å². The Hall–Kier alpha value is -2.44. The molecule has 1 N–H and O–H groups in total. The number of carbonyl (C=O) groups is 1. The molecule has 3 aromatic rings. The first-order valence-corrected chi connectivity index (χ1v) is 10.1. The van der Waals surface area contributed by atoms with Crippen molar-refractivity contribution in [3.8, 4) is 0 Å². The molecule has 0 aliphatic carbocycles. The third-order valence-electron chi connectivity index (χ3n) is 5.17. The lowest BCUT2D eigenvalue weighted by Crippen LogP contribution is -2.38. The highest BCUT2D eigenvalue weighted by molar-refractivity contribution is 7.11. The molecule has 1 aromatic carbocycles. The Morgan fingerprint density at radius 3 is 3.04 bits per heavy atom. The van der Waals surface area contributed by atoms with Crippen LogP contribution in [0.1, 0.15) is 35.0 Å². The number of imidazole rings is 1. The van der Waals surface area contributed by atoms with E-state index in [9.17, 15) is 4.79 Å². The molecule has 140 valence electrons. The van der Waals surface area contributed by atoms with E-state index in [1.807, 2.05) is 40.6 Å². The van der Waals surface area contributed by atoms with Crippen LogP contribution in [0.25, 0.3) is 17.1 Å². The Kier molecular flexibility index (Phi) is 5.09. The van der Waals surface area contributed by atoms with Gasteiger partial charge in [-0.3, -0.25) is 4.79 Å². The second-order valence-electron chi connectivity index (χ2n) is 6.99. The van der Waals surface area contributed by atoms with Crippen molar-refractivity contribution < 1.29 is 9.90 Å². The van der Waals surface area contributed by atoms with Gasteiger partial charge in [0.2, 0.25) is 5.91 Å². The second-order valence-corrected chi connectivity index (χ2v) is 7.93. The number of hydrogen-bond donors (Lipinski definition) is 1. The van der Waals surface area contributed by atoms with Gasteiger partial charge < -0.3 is 14.6 Å². The van der Waals surface area contributed by atoms with Gasteiger partial charge in [-0.15, -0.1) is 11.3 Å². The summed E-state index contributed by atoms with van der Waals surface area (Å²) < 4.78 is 2.16. The van der Waals surface area contributed by atoms with Crippen molar-refractivity contribution in [2.75, 3.05) is 13.1 Å². The van der Waals surface area contributed by atoms with Gasteiger partial charge >= 0.3 is 0 Å². The zero-order valence-electron chi connectivity index (χ0n) is 15.3. The van der Waals surface area contributed by atoms with Crippen molar-refractivity contribution in [3.05, 3.63) is 58.1 Å². The van der Waals surface area contributed by atoms with Gasteiger partial charge in [0.25, 0.3) is 0 Å². The summed E-state index contributed by atoms with van der Waals surface area (Å²) in [5.74, 6) is 1.36. The van der Waals surface area contributed by atoms with Crippen molar-refractivity contribution in [2.24, 2.45) is 7.05 Å². The molecule has 0 radical (unpaired) electrons. The summed E-state index contributed by atoms with van der Waals surface area (Å²) in [6.07, 6.45) is 5.52. The smallest absolute Gasteiger partial charge is 0.246 e. The highest BCUT2D eigenvalue weighted by Gasteiger charge is 2.27. The molecule has 0 spiro atoms. The molecular formula is C21H23N3O2S. The van der Waals surface area contributed by atoms with Crippen LogP contribution in [-0.2, 0) is 18.4 Å². The number of thiophene rings is 1. The predicted molar refractivity (Wildman–Crippen MR) is 109 cm³/mol. The molecule has 0 bridgehead atoms. The lowest BCUT2D eigenvalue weighted by molar-refractivity contribution is -0.127. The fourth-order valence-electron chi connectivity index (χ4n) is 3.74. The zero-order chi connectivity index (χ0) is 18.8. The van der Waals surface area contributed by atoms with Gasteiger partial charge in [0.1, 0.15) is 5.82 Å². The molecule has 1 fully saturated rings. The van der Waals surface area contributed by atoms with Crippen molar-refractivity contribution in [3.63, 3.8) is 0 Å². The average molecular weight is 382 g/mol. The van der Waals surface area contributed by atoms with Gasteiger partial charge in [-0.2, -0.15) is 0 Å². The second kappa shape index (κ2) is 7.66. The summed E-state index contributed by atoms with van der Waals surface area (Å²) in [7, 11) is 2.06. The largest absolute Gasteiger partial charge is 0.392 e. The van der Waals surface area contributed by atoms with Crippen molar-refractivity contribution in [1.29, 1.82) is 0 Å². The molecule has 6 heteroatoms. The number of hydrogen-bond acceptors (Lipinski definition) is 4. The van der Waals surface area contributed by atoms with Crippen LogP contribution in [0.15, 0.2) is 41.8 Å². The molecule has 1 amide bonds. The maximum Gasteiger partial charge on any atom is 0.246 e. The molecule has 1 unspecified atom stereocenters. The molecular weight excluding hydrogens is 358 g/mol. The molecule has 2 aromatic heterocycles. The van der Waals surface area contributed by atoms with Gasteiger partial charge in [0.15, 0.2) is 0 Å². The van der Waals surface area contributed by atoms with E-state index >= 15 is 0 Å². The number of rotatable bonds is 4. The number of likely N-dealkylation sites (tertiary alicyclic amines) is 1. The van der Waals surface area contributed by atoms with Crippen LogP contribution < -0.4 is 0 Å². The minimum absolute atomic E-state index is 0.0319. The third-order valence-corrected chi connectivity index (χ3v) is 6.11. The Morgan fingerprint density at radius 2 is 2.26 bits per heavy atom. The maximum atomic E-state index is 12.6. The predicted octanol–water partition coefficient (Wildman–Crippen LogP) is 3.55. The number of carbonyl (C=O) groups excluding carboxylic acids is 1. The molecule has 0 saturated carbocycles. The van der Waals surface area contributed by atoms with Crippen LogP contribution in [0, 0.1) is 0 Å². The monoisotopic (exact) mass is 381 g/mol. The summed E-state index contributed by atoms with van der Waals surface area (Å²) in [4.78, 5) is 20.4. The summed E-state index contributed by atoms with van der Waals surface area (Å²) in [5.41, 5.74) is 3.02. The summed E-state index contributed by atoms with van der Waals surface area (Å²) in [5, 5.41) is 11.1. The molecule has 1 atom stereocenters. The number of amides is 1. The van der Waals surface area contributed by atoms with Crippen molar-refractivity contribution in [1.82, 2.24) is 14.5 Å². The number of aryl methyl sites for hydroxylation is 1. The maximum absolute atomic E-state index is 12.6. The molecule has 3 heterocycles. The Balaban J connectivity index is 1.48. The average Bonchev–Trinajstić information content (AvgIpc) is 3.31. The fraction of sp³-hybridized carbons (Fsp3) is 0.333. The molecule has 1 saturated heterocycles. The quantitative estimate of drug-likeness (QED) is 0.703. The first-order chi connectivity index (χ1) is 13.2. The van der Waals surface area contributed by atoms with Crippen LogP contribution in [0.5, 0.6) is 0 Å². The normalized spacial score (nSPS) is 17.9. The number of para-hydroxylation sites is 2. The van der Waals surface area contributed by atoms with Gasteiger partial charge in [-0.1, -0.05) is 12.1 Å². The van der Waals surface area contributed by atoms with Crippen molar-refractivity contribution >= 4 is 34.4 Å². The van der Waals surface area contributed by atoms with Gasteiger partial charge in [0, 0.05) is 37.0 Å². The van der Waals surface area contributed by atoms with Gasteiger partial charge in [-0.05, 0) is 48.1 Å². The zero-order valence-corrected chi connectivity index (χ0v) is 16.2. The van der Waals surface area contributed by atoms with Crippen LogP contribution in [0.3, 0.4) is 0 Å². The third kappa shape index (κ3) is 3.68. The molecule has 27 heavy (non-hydrogen) atoms. The lowest BCUT2D eigenvalue weighted by Gasteiger charge is -2.31. The van der Waals surface area contributed by atoms with E-state index in [2.05, 4.69) is 17.7 Å². The lowest BCUT2D eigenvalue weighted by atomic mass is 9.97. The highest BCUT2D eigenvalue weighted by atomic mass is 32.1. The summed E-state index contributed by atoms with van der Waals surface area (Å²) in [6.45, 7) is 1.52. The number of aromatic nitrogens is 2. The van der Waals surface area contributed by atoms with E-state index < -0.39 is 0 Å². The minimum atomic E-state index is 0.0319. The van der Waals surface area contributed by atoms with E-state index in [4.69, 9.17) is 10.1 Å². The standard InChI is InChI=1S/C21H23N3O2S/c1-23-19-7-3-2-6-18(19)22-21(23)16-5-4-10-24(12-16)20(26)9-8-17-11-15(13-25)14-27-17/h2-3,6-9,11,14,16,25H,4-5,10,12-13H2,1H3. The number of aliphatic hydroxyl groups excluding tert-OH is 1. The molecule has 1 aliphatic heterocycles. The Labute approximate surface area is 162 Å². The first kappa shape index (κ1) is 17.9. The van der Waals surface area contributed by atoms with Gasteiger partial charge in [-0.25, -0.2) is 4.98 Å². The number of benzene rings is 1. The van der Waals surface area contributed by atoms with E-state index in [0.29, 0.717) is 6.54 Å². The van der Waals surface area contributed by atoms with Crippen molar-refractivity contribution in [2.45, 2.75) is 25.4 Å². The van der Waals surface area contributed by atoms with Crippen LogP contribution in [0.4, 0.5) is 0 Å². The Morgan fingerprint density at radius 1 is 1.41 bits per heavy atom. The van der Waals surface area contributed by atoms with E-state index in [0.717, 1.165) is 46.7 Å². The number of piperidine rings is 1. The summed E-state index contributed by atoms with van der Waals surface area (Å²) >= 11 is 1.53. The summed E-state index contributed by atoms with van der Waals surface area (Å²) in [6, 6.07) is 10.1. The van der Waals surface area contributed by atoms with Crippen LogP contribution >= 0.6 is 11.3 Å². The molecule has 5 nitrogen and oxygen atoms in total. The Bertz CT molecular complexity index is 988. The minimum Gasteiger partial charge on any atom is -0.392 e. The van der Waals surface area contributed by atoms with Gasteiger partial charge in [0.05, 0.1) is 17.6 Å². The fourth-order valence-corrected chi connectivity index (χ4v) is 4.54. The first-order valence-electron chi connectivity index (χ1n) is 9.22. The van der Waals surface area contributed by atoms with E-state index in [1.165, 1.54) is 11.3 Å². The molecule has 4 rings (SSSR count). The van der Waals surface area contributed by atoms with E-state index in [1.54, 1.807) is 6.08 Å². The SMILES string of the molecule is Cn1c(C2CCCN(C(=O)C=Cc3cc(CO)cs3)C2)nc2ccccc21. The van der Waals surface area contributed by atoms with Crippen LogP contribution in [0.2, 0.25) is 0 Å². The molecule has 1 aliphatic rings. The highest BCUT2D eigenvalue weighted by Crippen LogP contribution is 2.29.